The van der Waals surface area contributed by atoms with E-state index < -0.39 is 17.7 Å². The van der Waals surface area contributed by atoms with E-state index in [1.807, 2.05) is 0 Å². The minimum atomic E-state index is -4.65. The predicted molar refractivity (Wildman–Crippen MR) is 83.7 cm³/mol. The van der Waals surface area contributed by atoms with E-state index in [0.29, 0.717) is 10.8 Å². The van der Waals surface area contributed by atoms with Gasteiger partial charge >= 0.3 is 6.18 Å². The fraction of sp³-hybridized carbons (Fsp3) is 0.0556. The summed E-state index contributed by atoms with van der Waals surface area (Å²) >= 11 is 0. The molecule has 0 saturated heterocycles. The van der Waals surface area contributed by atoms with Crippen molar-refractivity contribution >= 4 is 10.8 Å². The number of furan rings is 1. The first kappa shape index (κ1) is 15.4. The van der Waals surface area contributed by atoms with Crippen molar-refractivity contribution < 1.29 is 22.0 Å². The SMILES string of the molecule is Fc1cc2ccccc2cc1-n1nc(C(F)(F)F)cc1-c1ccco1. The summed E-state index contributed by atoms with van der Waals surface area (Å²) in [6.45, 7) is 0. The minimum absolute atomic E-state index is 0.0199. The lowest BCUT2D eigenvalue weighted by Gasteiger charge is -2.09. The molecule has 25 heavy (non-hydrogen) atoms. The summed E-state index contributed by atoms with van der Waals surface area (Å²) in [7, 11) is 0. The van der Waals surface area contributed by atoms with Gasteiger partial charge in [0.1, 0.15) is 17.2 Å². The Balaban J connectivity index is 1.98. The summed E-state index contributed by atoms with van der Waals surface area (Å²) in [4.78, 5) is 0. The van der Waals surface area contributed by atoms with Gasteiger partial charge in [0, 0.05) is 6.07 Å². The molecular weight excluding hydrogens is 336 g/mol. The van der Waals surface area contributed by atoms with E-state index in [-0.39, 0.29) is 17.1 Å². The van der Waals surface area contributed by atoms with E-state index in [0.717, 1.165) is 10.7 Å². The highest BCUT2D eigenvalue weighted by Crippen LogP contribution is 2.34. The first-order valence-electron chi connectivity index (χ1n) is 7.33. The third-order valence-corrected chi connectivity index (χ3v) is 3.82. The van der Waals surface area contributed by atoms with E-state index in [2.05, 4.69) is 5.10 Å². The number of aromatic nitrogens is 2. The molecular formula is C18H10F4N2O. The standard InChI is InChI=1S/C18H10F4N2O/c19-13-8-11-4-1-2-5-12(11)9-14(13)24-15(16-6-3-7-25-16)10-17(23-24)18(20,21)22/h1-10H. The predicted octanol–water partition coefficient (Wildman–Crippen LogP) is 5.44. The maximum absolute atomic E-state index is 14.6. The number of hydrogen-bond acceptors (Lipinski definition) is 2. The van der Waals surface area contributed by atoms with Gasteiger partial charge < -0.3 is 4.42 Å². The summed E-state index contributed by atoms with van der Waals surface area (Å²) in [6.07, 6.45) is -3.32. The fourth-order valence-corrected chi connectivity index (χ4v) is 2.67. The highest BCUT2D eigenvalue weighted by molar-refractivity contribution is 5.84. The molecule has 0 aliphatic rings. The van der Waals surface area contributed by atoms with Gasteiger partial charge in [-0.1, -0.05) is 24.3 Å². The van der Waals surface area contributed by atoms with Gasteiger partial charge in [-0.25, -0.2) is 9.07 Å². The van der Waals surface area contributed by atoms with Crippen molar-refractivity contribution in [3.63, 3.8) is 0 Å². The van der Waals surface area contributed by atoms with Crippen LogP contribution in [-0.4, -0.2) is 9.78 Å². The second-order valence-corrected chi connectivity index (χ2v) is 5.45. The van der Waals surface area contributed by atoms with E-state index in [1.54, 1.807) is 24.3 Å². The molecule has 3 nitrogen and oxygen atoms in total. The van der Waals surface area contributed by atoms with Gasteiger partial charge in [0.15, 0.2) is 11.5 Å². The Kier molecular flexibility index (Phi) is 3.38. The third kappa shape index (κ3) is 2.67. The van der Waals surface area contributed by atoms with Crippen LogP contribution in [0.1, 0.15) is 5.69 Å². The molecule has 126 valence electrons. The molecule has 4 aromatic rings. The molecule has 2 aromatic carbocycles. The molecule has 0 N–H and O–H groups in total. The minimum Gasteiger partial charge on any atom is -0.463 e. The third-order valence-electron chi connectivity index (χ3n) is 3.82. The molecule has 7 heteroatoms. The van der Waals surface area contributed by atoms with Gasteiger partial charge in [-0.05, 0) is 35.0 Å². The van der Waals surface area contributed by atoms with Gasteiger partial charge in [-0.15, -0.1) is 0 Å². The van der Waals surface area contributed by atoms with Crippen LogP contribution in [0.5, 0.6) is 0 Å². The van der Waals surface area contributed by atoms with Crippen molar-refractivity contribution in [1.82, 2.24) is 9.78 Å². The topological polar surface area (TPSA) is 31.0 Å². The molecule has 0 bridgehead atoms. The Morgan fingerprint density at radius 1 is 0.920 bits per heavy atom. The Labute approximate surface area is 139 Å². The maximum Gasteiger partial charge on any atom is 0.435 e. The summed E-state index contributed by atoms with van der Waals surface area (Å²) < 4.78 is 59.9. The largest absolute Gasteiger partial charge is 0.463 e. The molecule has 4 rings (SSSR count). The van der Waals surface area contributed by atoms with Crippen molar-refractivity contribution in [3.05, 3.63) is 72.4 Å². The van der Waals surface area contributed by atoms with Gasteiger partial charge in [0.25, 0.3) is 0 Å². The monoisotopic (exact) mass is 346 g/mol. The van der Waals surface area contributed by atoms with Crippen LogP contribution in [0.3, 0.4) is 0 Å². The molecule has 0 aliphatic carbocycles. The van der Waals surface area contributed by atoms with Crippen molar-refractivity contribution in [3.8, 4) is 17.1 Å². The summed E-state index contributed by atoms with van der Waals surface area (Å²) in [5, 5.41) is 4.90. The highest BCUT2D eigenvalue weighted by atomic mass is 19.4. The van der Waals surface area contributed by atoms with Crippen molar-refractivity contribution in [2.45, 2.75) is 6.18 Å². The highest BCUT2D eigenvalue weighted by Gasteiger charge is 2.36. The molecule has 0 saturated carbocycles. The summed E-state index contributed by atoms with van der Waals surface area (Å²) in [6, 6.07) is 13.6. The lowest BCUT2D eigenvalue weighted by Crippen LogP contribution is -2.08. The van der Waals surface area contributed by atoms with E-state index in [4.69, 9.17) is 4.42 Å². The summed E-state index contributed by atoms with van der Waals surface area (Å²) in [5.41, 5.74) is -1.18. The van der Waals surface area contributed by atoms with Crippen LogP contribution in [0.25, 0.3) is 27.9 Å². The number of rotatable bonds is 2. The lowest BCUT2D eigenvalue weighted by molar-refractivity contribution is -0.141. The Hall–Kier alpha value is -3.09. The summed E-state index contributed by atoms with van der Waals surface area (Å²) in [5.74, 6) is -0.515. The van der Waals surface area contributed by atoms with Crippen LogP contribution < -0.4 is 0 Å². The van der Waals surface area contributed by atoms with Crippen LogP contribution in [0.2, 0.25) is 0 Å². The number of benzene rings is 2. The smallest absolute Gasteiger partial charge is 0.435 e. The number of hydrogen-bond donors (Lipinski definition) is 0. The molecule has 0 radical (unpaired) electrons. The molecule has 2 aromatic heterocycles. The number of nitrogens with zero attached hydrogens (tertiary/aromatic N) is 2. The van der Waals surface area contributed by atoms with Gasteiger partial charge in [0.2, 0.25) is 0 Å². The van der Waals surface area contributed by atoms with Crippen LogP contribution >= 0.6 is 0 Å². The van der Waals surface area contributed by atoms with Crippen LogP contribution in [0, 0.1) is 5.82 Å². The molecule has 0 fully saturated rings. The van der Waals surface area contributed by atoms with E-state index >= 15 is 0 Å². The van der Waals surface area contributed by atoms with Gasteiger partial charge in [0.05, 0.1) is 6.26 Å². The van der Waals surface area contributed by atoms with Crippen molar-refractivity contribution in [2.24, 2.45) is 0 Å². The molecule has 0 amide bonds. The Morgan fingerprint density at radius 3 is 2.28 bits per heavy atom. The zero-order valence-electron chi connectivity index (χ0n) is 12.6. The second kappa shape index (κ2) is 5.47. The Morgan fingerprint density at radius 2 is 1.64 bits per heavy atom. The number of alkyl halides is 3. The molecule has 0 aliphatic heterocycles. The average Bonchev–Trinajstić information content (AvgIpc) is 3.22. The van der Waals surface area contributed by atoms with Crippen LogP contribution in [0.15, 0.2) is 65.3 Å². The van der Waals surface area contributed by atoms with Gasteiger partial charge in [-0.2, -0.15) is 18.3 Å². The maximum atomic E-state index is 14.6. The van der Waals surface area contributed by atoms with E-state index in [1.165, 1.54) is 30.5 Å². The van der Waals surface area contributed by atoms with Crippen LogP contribution in [0.4, 0.5) is 17.6 Å². The zero-order chi connectivity index (χ0) is 17.6. The first-order valence-corrected chi connectivity index (χ1v) is 7.33. The average molecular weight is 346 g/mol. The fourth-order valence-electron chi connectivity index (χ4n) is 2.67. The van der Waals surface area contributed by atoms with Crippen molar-refractivity contribution in [2.75, 3.05) is 0 Å². The molecule has 0 spiro atoms. The molecule has 0 unspecified atom stereocenters. The Bertz CT molecular complexity index is 1050. The second-order valence-electron chi connectivity index (χ2n) is 5.45. The first-order chi connectivity index (χ1) is 11.9. The quantitative estimate of drug-likeness (QED) is 0.452. The zero-order valence-corrected chi connectivity index (χ0v) is 12.6. The normalized spacial score (nSPS) is 12.0. The van der Waals surface area contributed by atoms with Gasteiger partial charge in [-0.3, -0.25) is 0 Å². The van der Waals surface area contributed by atoms with Crippen molar-refractivity contribution in [1.29, 1.82) is 0 Å². The number of halogens is 4. The number of fused-ring (bicyclic) bond motifs is 1. The molecule has 0 atom stereocenters. The lowest BCUT2D eigenvalue weighted by atomic mass is 10.1. The van der Waals surface area contributed by atoms with E-state index in [9.17, 15) is 17.6 Å². The molecule has 2 heterocycles. The van der Waals surface area contributed by atoms with Crippen LogP contribution in [-0.2, 0) is 6.18 Å².